The van der Waals surface area contributed by atoms with Crippen LogP contribution in [0.4, 0.5) is 0 Å². The molecule has 0 aromatic carbocycles. The third-order valence-electron chi connectivity index (χ3n) is 1.95. The van der Waals surface area contributed by atoms with Gasteiger partial charge in [-0.25, -0.2) is 9.78 Å². The van der Waals surface area contributed by atoms with E-state index < -0.39 is 5.97 Å². The van der Waals surface area contributed by atoms with E-state index in [9.17, 15) is 4.79 Å². The monoisotopic (exact) mass is 345 g/mol. The number of rotatable bonds is 3. The highest BCUT2D eigenvalue weighted by molar-refractivity contribution is 9.11. The van der Waals surface area contributed by atoms with Crippen LogP contribution < -0.4 is 4.84 Å². The van der Waals surface area contributed by atoms with Gasteiger partial charge in [0.15, 0.2) is 3.92 Å². The summed E-state index contributed by atoms with van der Waals surface area (Å²) in [6, 6.07) is 0. The van der Waals surface area contributed by atoms with Crippen molar-refractivity contribution in [3.05, 3.63) is 10.1 Å². The number of carbonyl (C=O) groups excluding carboxylic acids is 1. The number of tetrazole rings is 1. The Bertz CT molecular complexity index is 589. The summed E-state index contributed by atoms with van der Waals surface area (Å²) in [6.07, 6.45) is 1.89. The molecule has 0 atom stereocenters. The molecule has 0 saturated heterocycles. The van der Waals surface area contributed by atoms with Crippen molar-refractivity contribution < 1.29 is 9.63 Å². The number of hydrogen-bond acceptors (Lipinski definition) is 7. The fourth-order valence-corrected chi connectivity index (χ4v) is 2.44. The summed E-state index contributed by atoms with van der Waals surface area (Å²) in [6.45, 7) is 5.84. The van der Waals surface area contributed by atoms with E-state index in [0.29, 0.717) is 5.82 Å². The molecule has 0 aliphatic carbocycles. The van der Waals surface area contributed by atoms with Gasteiger partial charge < -0.3 is 4.84 Å². The van der Waals surface area contributed by atoms with Gasteiger partial charge in [0.2, 0.25) is 5.82 Å². The zero-order chi connectivity index (χ0) is 14.0. The van der Waals surface area contributed by atoms with Gasteiger partial charge in [0.1, 0.15) is 0 Å². The lowest BCUT2D eigenvalue weighted by Gasteiger charge is -2.15. The third-order valence-corrected chi connectivity index (χ3v) is 3.42. The minimum Gasteiger partial charge on any atom is -0.301 e. The van der Waals surface area contributed by atoms with Gasteiger partial charge in [0.05, 0.1) is 17.5 Å². The second-order valence-electron chi connectivity index (χ2n) is 5.04. The van der Waals surface area contributed by atoms with Crippen LogP contribution in [-0.4, -0.2) is 31.3 Å². The van der Waals surface area contributed by atoms with E-state index in [1.165, 1.54) is 11.3 Å². The molecule has 19 heavy (non-hydrogen) atoms. The first-order chi connectivity index (χ1) is 8.83. The highest BCUT2D eigenvalue weighted by Gasteiger charge is 2.19. The number of nitrogens with zero attached hydrogens (tertiary/aromatic N) is 5. The molecule has 0 radical (unpaired) electrons. The van der Waals surface area contributed by atoms with Crippen LogP contribution in [0.3, 0.4) is 0 Å². The van der Waals surface area contributed by atoms with E-state index in [0.717, 1.165) is 13.8 Å². The van der Waals surface area contributed by atoms with E-state index in [-0.39, 0.29) is 11.8 Å². The van der Waals surface area contributed by atoms with Crippen molar-refractivity contribution in [2.45, 2.75) is 27.2 Å². The highest BCUT2D eigenvalue weighted by atomic mass is 79.9. The first kappa shape index (κ1) is 14.1. The van der Waals surface area contributed by atoms with E-state index >= 15 is 0 Å². The summed E-state index contributed by atoms with van der Waals surface area (Å²) in [4.78, 5) is 22.2. The van der Waals surface area contributed by atoms with Crippen LogP contribution >= 0.6 is 27.3 Å². The lowest BCUT2D eigenvalue weighted by atomic mass is 9.93. The highest BCUT2D eigenvalue weighted by Crippen LogP contribution is 2.25. The van der Waals surface area contributed by atoms with Gasteiger partial charge in [-0.3, -0.25) is 0 Å². The molecule has 0 unspecified atom stereocenters. The first-order valence-corrected chi connectivity index (χ1v) is 7.07. The van der Waals surface area contributed by atoms with Gasteiger partial charge in [-0.1, -0.05) is 25.9 Å². The molecule has 2 aromatic heterocycles. The van der Waals surface area contributed by atoms with Crippen LogP contribution in [0.1, 0.15) is 27.2 Å². The second-order valence-corrected chi connectivity index (χ2v) is 7.35. The quantitative estimate of drug-likeness (QED) is 0.790. The molecule has 0 spiro atoms. The molecule has 0 aliphatic rings. The minimum atomic E-state index is -0.401. The smallest absolute Gasteiger partial charge is 0.301 e. The van der Waals surface area contributed by atoms with Crippen LogP contribution in [0, 0.1) is 5.41 Å². The summed E-state index contributed by atoms with van der Waals surface area (Å²) in [5.74, 6) is -0.0336. The van der Waals surface area contributed by atoms with Crippen molar-refractivity contribution in [2.75, 3.05) is 0 Å². The normalized spacial score (nSPS) is 11.6. The summed E-state index contributed by atoms with van der Waals surface area (Å²) in [5.41, 5.74) is -0.150. The number of halogens is 1. The zero-order valence-electron chi connectivity index (χ0n) is 10.6. The van der Waals surface area contributed by atoms with Crippen LogP contribution in [-0.2, 0) is 4.79 Å². The largest absolute Gasteiger partial charge is 0.337 e. The van der Waals surface area contributed by atoms with Gasteiger partial charge >= 0.3 is 5.97 Å². The summed E-state index contributed by atoms with van der Waals surface area (Å²) in [7, 11) is 0. The van der Waals surface area contributed by atoms with Gasteiger partial charge in [0.25, 0.3) is 0 Å². The number of aromatic nitrogens is 5. The van der Waals surface area contributed by atoms with E-state index in [2.05, 4.69) is 36.3 Å². The minimum absolute atomic E-state index is 0.150. The SMILES string of the molecule is CC(C)(C)CC(=O)On1nnc(-c2cnc(Br)s2)n1. The van der Waals surface area contributed by atoms with Crippen molar-refractivity contribution in [1.82, 2.24) is 25.4 Å². The van der Waals surface area contributed by atoms with E-state index in [4.69, 9.17) is 4.84 Å². The predicted octanol–water partition coefficient (Wildman–Crippen LogP) is 1.95. The lowest BCUT2D eigenvalue weighted by Crippen LogP contribution is -2.26. The number of hydrogen-bond donors (Lipinski definition) is 0. The Morgan fingerprint density at radius 3 is 2.84 bits per heavy atom. The maximum Gasteiger partial charge on any atom is 0.337 e. The Morgan fingerprint density at radius 2 is 2.26 bits per heavy atom. The van der Waals surface area contributed by atoms with Gasteiger partial charge in [0, 0.05) is 4.96 Å². The van der Waals surface area contributed by atoms with Gasteiger partial charge in [-0.15, -0.1) is 16.4 Å². The standard InChI is InChI=1S/C10H12BrN5O2S/c1-10(2,3)4-7(17)18-16-14-8(13-15-16)6-5-12-9(11)19-6/h5H,4H2,1-3H3. The molecule has 0 aliphatic heterocycles. The molecule has 7 nitrogen and oxygen atoms in total. The van der Waals surface area contributed by atoms with E-state index in [1.807, 2.05) is 20.8 Å². The Hall–Kier alpha value is -1.35. The molecule has 0 N–H and O–H groups in total. The molecule has 2 heterocycles. The Balaban J connectivity index is 2.04. The molecular formula is C10H12BrN5O2S. The summed E-state index contributed by atoms with van der Waals surface area (Å²) >= 11 is 4.62. The Kier molecular flexibility index (Phi) is 3.95. The first-order valence-electron chi connectivity index (χ1n) is 5.46. The summed E-state index contributed by atoms with van der Waals surface area (Å²) < 4.78 is 0.726. The molecule has 0 amide bonds. The van der Waals surface area contributed by atoms with Crippen LogP contribution in [0.25, 0.3) is 10.7 Å². The fourth-order valence-electron chi connectivity index (χ4n) is 1.25. The third kappa shape index (κ3) is 4.06. The topological polar surface area (TPSA) is 82.8 Å². The van der Waals surface area contributed by atoms with Crippen LogP contribution in [0.2, 0.25) is 0 Å². The second kappa shape index (κ2) is 5.33. The predicted molar refractivity (Wildman–Crippen MR) is 72.3 cm³/mol. The summed E-state index contributed by atoms with van der Waals surface area (Å²) in [5, 5.41) is 11.4. The molecule has 2 aromatic rings. The van der Waals surface area contributed by atoms with Crippen molar-refractivity contribution >= 4 is 33.2 Å². The number of thiazole rings is 1. The molecule has 102 valence electrons. The maximum absolute atomic E-state index is 11.6. The average molecular weight is 346 g/mol. The Morgan fingerprint density at radius 1 is 1.53 bits per heavy atom. The molecule has 0 bridgehead atoms. The average Bonchev–Trinajstić information content (AvgIpc) is 2.83. The molecular weight excluding hydrogens is 334 g/mol. The van der Waals surface area contributed by atoms with E-state index in [1.54, 1.807) is 6.20 Å². The van der Waals surface area contributed by atoms with Gasteiger partial charge in [-0.2, -0.15) is 0 Å². The van der Waals surface area contributed by atoms with Crippen molar-refractivity contribution in [3.8, 4) is 10.7 Å². The molecule has 2 rings (SSSR count). The van der Waals surface area contributed by atoms with Crippen molar-refractivity contribution in [3.63, 3.8) is 0 Å². The van der Waals surface area contributed by atoms with Crippen molar-refractivity contribution in [2.24, 2.45) is 5.41 Å². The lowest BCUT2D eigenvalue weighted by molar-refractivity contribution is -0.150. The Labute approximate surface area is 122 Å². The van der Waals surface area contributed by atoms with Crippen LogP contribution in [0.15, 0.2) is 10.1 Å². The van der Waals surface area contributed by atoms with Crippen LogP contribution in [0.5, 0.6) is 0 Å². The van der Waals surface area contributed by atoms with Crippen molar-refractivity contribution in [1.29, 1.82) is 0 Å². The maximum atomic E-state index is 11.6. The molecule has 0 saturated carbocycles. The zero-order valence-corrected chi connectivity index (χ0v) is 13.0. The fraction of sp³-hybridized carbons (Fsp3) is 0.500. The van der Waals surface area contributed by atoms with Gasteiger partial charge in [-0.05, 0) is 26.6 Å². The number of carbonyl (C=O) groups is 1. The molecule has 0 fully saturated rings. The molecule has 9 heteroatoms.